The van der Waals surface area contributed by atoms with E-state index < -0.39 is 0 Å². The lowest BCUT2D eigenvalue weighted by molar-refractivity contribution is -0.107. The van der Waals surface area contributed by atoms with Gasteiger partial charge in [-0.15, -0.1) is 0 Å². The van der Waals surface area contributed by atoms with Gasteiger partial charge in [-0.05, 0) is 48.9 Å². The van der Waals surface area contributed by atoms with Crippen LogP contribution in [0, 0.1) is 13.8 Å². The number of aryl methyl sites for hydroxylation is 2. The van der Waals surface area contributed by atoms with Gasteiger partial charge in [0.25, 0.3) is 0 Å². The number of benzene rings is 2. The normalized spacial score (nSPS) is 15.9. The number of fused-ring (bicyclic) bond motifs is 2. The molecule has 0 bridgehead atoms. The van der Waals surface area contributed by atoms with Gasteiger partial charge in [-0.1, -0.05) is 36.4 Å². The first-order valence-corrected chi connectivity index (χ1v) is 8.48. The van der Waals surface area contributed by atoms with E-state index >= 15 is 0 Å². The molecule has 0 atom stereocenters. The van der Waals surface area contributed by atoms with Crippen molar-refractivity contribution in [1.82, 2.24) is 0 Å². The van der Waals surface area contributed by atoms with Crippen LogP contribution in [0.2, 0.25) is 0 Å². The average Bonchev–Trinajstić information content (AvgIpc) is 2.61. The van der Waals surface area contributed by atoms with Crippen LogP contribution in [0.15, 0.2) is 46.4 Å². The second-order valence-corrected chi connectivity index (χ2v) is 6.49. The summed E-state index contributed by atoms with van der Waals surface area (Å²) >= 11 is 0. The summed E-state index contributed by atoms with van der Waals surface area (Å²) in [6, 6.07) is 12.2. The van der Waals surface area contributed by atoms with Crippen molar-refractivity contribution in [2.24, 2.45) is 9.98 Å². The Morgan fingerprint density at radius 3 is 1.71 bits per heavy atom. The zero-order chi connectivity index (χ0) is 16.7. The number of aliphatic imine (C=N–C) groups is 2. The summed E-state index contributed by atoms with van der Waals surface area (Å²) in [5, 5.41) is 0. The number of nitrogens with zero attached hydrogens (tertiary/aromatic N) is 2. The number of ketones is 1. The third-order valence-electron chi connectivity index (χ3n) is 5.02. The molecule has 0 radical (unpaired) electrons. The molecule has 3 heteroatoms. The monoisotopic (exact) mass is 316 g/mol. The van der Waals surface area contributed by atoms with Crippen molar-refractivity contribution in [3.05, 3.63) is 69.8 Å². The van der Waals surface area contributed by atoms with Crippen molar-refractivity contribution >= 4 is 17.2 Å². The Labute approximate surface area is 142 Å². The van der Waals surface area contributed by atoms with E-state index in [4.69, 9.17) is 0 Å². The smallest absolute Gasteiger partial charge is 0.229 e. The predicted octanol–water partition coefficient (Wildman–Crippen LogP) is 3.26. The molecule has 2 aliphatic heterocycles. The van der Waals surface area contributed by atoms with Crippen LogP contribution in [0.1, 0.15) is 33.4 Å². The number of carbonyl (C=O) groups excluding carboxylic acids is 1. The third kappa shape index (κ3) is 2.32. The van der Waals surface area contributed by atoms with Gasteiger partial charge in [0.15, 0.2) is 0 Å². The summed E-state index contributed by atoms with van der Waals surface area (Å²) in [7, 11) is 0. The van der Waals surface area contributed by atoms with E-state index in [1.165, 1.54) is 22.3 Å². The fraction of sp³-hybridized carbons (Fsp3) is 0.286. The quantitative estimate of drug-likeness (QED) is 0.838. The second-order valence-electron chi connectivity index (χ2n) is 6.49. The molecular weight excluding hydrogens is 296 g/mol. The van der Waals surface area contributed by atoms with Crippen LogP contribution in [0.25, 0.3) is 0 Å². The molecule has 120 valence electrons. The molecule has 2 aliphatic rings. The molecule has 0 saturated heterocycles. The zero-order valence-corrected chi connectivity index (χ0v) is 14.1. The Morgan fingerprint density at radius 1 is 0.792 bits per heavy atom. The minimum atomic E-state index is -0.0342. The van der Waals surface area contributed by atoms with E-state index in [9.17, 15) is 4.79 Å². The van der Waals surface area contributed by atoms with Crippen LogP contribution in [-0.2, 0) is 17.6 Å². The maximum absolute atomic E-state index is 13.2. The molecule has 3 nitrogen and oxygen atoms in total. The summed E-state index contributed by atoms with van der Waals surface area (Å²) in [4.78, 5) is 22.4. The first-order valence-electron chi connectivity index (χ1n) is 8.48. The van der Waals surface area contributed by atoms with E-state index in [0.29, 0.717) is 24.5 Å². The molecule has 0 aromatic heterocycles. The number of hydrogen-bond acceptors (Lipinski definition) is 3. The average molecular weight is 316 g/mol. The highest BCUT2D eigenvalue weighted by molar-refractivity contribution is 6.72. The number of hydrogen-bond donors (Lipinski definition) is 0. The molecule has 2 heterocycles. The van der Waals surface area contributed by atoms with E-state index in [2.05, 4.69) is 36.0 Å². The highest BCUT2D eigenvalue weighted by atomic mass is 16.1. The first-order chi connectivity index (χ1) is 11.7. The van der Waals surface area contributed by atoms with E-state index in [1.807, 2.05) is 24.3 Å². The SMILES string of the molecule is Cc1cccc2c1CCN=C2C(=O)C1=NCCc2c(C)cccc21. The van der Waals surface area contributed by atoms with Crippen LogP contribution in [0.4, 0.5) is 0 Å². The molecule has 0 fully saturated rings. The second kappa shape index (κ2) is 5.82. The van der Waals surface area contributed by atoms with Crippen LogP contribution in [0.5, 0.6) is 0 Å². The Hall–Kier alpha value is -2.55. The van der Waals surface area contributed by atoms with Gasteiger partial charge in [-0.3, -0.25) is 14.8 Å². The highest BCUT2D eigenvalue weighted by Gasteiger charge is 2.28. The van der Waals surface area contributed by atoms with Crippen molar-refractivity contribution in [3.63, 3.8) is 0 Å². The molecule has 24 heavy (non-hydrogen) atoms. The standard InChI is InChI=1S/C21H20N2O/c1-13-5-3-7-17-15(13)9-11-22-19(17)21(24)20-18-8-4-6-14(2)16(18)10-12-23-20/h3-8H,9-12H2,1-2H3. The lowest BCUT2D eigenvalue weighted by atomic mass is 9.86. The fourth-order valence-corrected chi connectivity index (χ4v) is 3.74. The Morgan fingerprint density at radius 2 is 1.25 bits per heavy atom. The Balaban J connectivity index is 1.79. The zero-order valence-electron chi connectivity index (χ0n) is 14.1. The van der Waals surface area contributed by atoms with Crippen molar-refractivity contribution in [2.45, 2.75) is 26.7 Å². The molecular formula is C21H20N2O. The molecule has 2 aromatic rings. The van der Waals surface area contributed by atoms with Gasteiger partial charge in [0, 0.05) is 24.2 Å². The minimum Gasteiger partial charge on any atom is -0.285 e. The van der Waals surface area contributed by atoms with Gasteiger partial charge >= 0.3 is 0 Å². The maximum Gasteiger partial charge on any atom is 0.229 e. The lowest BCUT2D eigenvalue weighted by Crippen LogP contribution is -2.32. The van der Waals surface area contributed by atoms with Gasteiger partial charge in [-0.25, -0.2) is 0 Å². The molecule has 0 aliphatic carbocycles. The van der Waals surface area contributed by atoms with Crippen LogP contribution in [-0.4, -0.2) is 30.3 Å². The van der Waals surface area contributed by atoms with E-state index in [1.54, 1.807) is 0 Å². The van der Waals surface area contributed by atoms with Gasteiger partial charge in [0.2, 0.25) is 5.78 Å². The molecule has 0 amide bonds. The Bertz CT molecular complexity index is 833. The highest BCUT2D eigenvalue weighted by Crippen LogP contribution is 2.24. The van der Waals surface area contributed by atoms with E-state index in [0.717, 1.165) is 24.0 Å². The van der Waals surface area contributed by atoms with Gasteiger partial charge in [-0.2, -0.15) is 0 Å². The summed E-state index contributed by atoms with van der Waals surface area (Å²) in [5.41, 5.74) is 8.07. The third-order valence-corrected chi connectivity index (χ3v) is 5.02. The van der Waals surface area contributed by atoms with Crippen LogP contribution in [0.3, 0.4) is 0 Å². The van der Waals surface area contributed by atoms with E-state index in [-0.39, 0.29) is 5.78 Å². The van der Waals surface area contributed by atoms with Gasteiger partial charge in [0.1, 0.15) is 11.4 Å². The van der Waals surface area contributed by atoms with Crippen molar-refractivity contribution in [2.75, 3.05) is 13.1 Å². The van der Waals surface area contributed by atoms with Crippen molar-refractivity contribution in [1.29, 1.82) is 0 Å². The van der Waals surface area contributed by atoms with Crippen molar-refractivity contribution in [3.8, 4) is 0 Å². The van der Waals surface area contributed by atoms with Crippen LogP contribution >= 0.6 is 0 Å². The first kappa shape index (κ1) is 15.0. The number of carbonyl (C=O) groups is 1. The van der Waals surface area contributed by atoms with Gasteiger partial charge < -0.3 is 0 Å². The number of rotatable bonds is 2. The Kier molecular flexibility index (Phi) is 3.64. The molecule has 0 spiro atoms. The summed E-state index contributed by atoms with van der Waals surface area (Å²) < 4.78 is 0. The topological polar surface area (TPSA) is 41.8 Å². The summed E-state index contributed by atoms with van der Waals surface area (Å²) in [6.07, 6.45) is 1.81. The minimum absolute atomic E-state index is 0.0342. The van der Waals surface area contributed by atoms with Crippen molar-refractivity contribution < 1.29 is 4.79 Å². The molecule has 0 N–H and O–H groups in total. The van der Waals surface area contributed by atoms with Crippen LogP contribution < -0.4 is 0 Å². The predicted molar refractivity (Wildman–Crippen MR) is 97.6 cm³/mol. The molecule has 2 aromatic carbocycles. The molecule has 4 rings (SSSR count). The molecule has 0 unspecified atom stereocenters. The summed E-state index contributed by atoms with van der Waals surface area (Å²) in [5.74, 6) is -0.0342. The maximum atomic E-state index is 13.2. The summed E-state index contributed by atoms with van der Waals surface area (Å²) in [6.45, 7) is 5.55. The van der Waals surface area contributed by atoms with Gasteiger partial charge in [0.05, 0.1) is 0 Å². The number of Topliss-reactive ketones (excluding diaryl/α,β-unsaturated/α-hetero) is 1. The fourth-order valence-electron chi connectivity index (χ4n) is 3.74. The lowest BCUT2D eigenvalue weighted by Gasteiger charge is -2.21. The molecule has 0 saturated carbocycles. The largest absolute Gasteiger partial charge is 0.285 e.